The van der Waals surface area contributed by atoms with E-state index in [9.17, 15) is 4.79 Å². The molecule has 1 saturated heterocycles. The number of ether oxygens (including phenoxy) is 3. The van der Waals surface area contributed by atoms with Crippen LogP contribution in [0.5, 0.6) is 11.5 Å². The van der Waals surface area contributed by atoms with Gasteiger partial charge in [0.05, 0.1) is 13.7 Å². The van der Waals surface area contributed by atoms with E-state index in [-0.39, 0.29) is 18.1 Å². The zero-order chi connectivity index (χ0) is 19.9. The van der Waals surface area contributed by atoms with Crippen molar-refractivity contribution < 1.29 is 19.0 Å². The third-order valence-corrected chi connectivity index (χ3v) is 5.83. The third-order valence-electron chi connectivity index (χ3n) is 5.83. The van der Waals surface area contributed by atoms with Gasteiger partial charge in [-0.15, -0.1) is 0 Å². The van der Waals surface area contributed by atoms with Gasteiger partial charge < -0.3 is 24.4 Å². The Bertz CT molecular complexity index is 637. The van der Waals surface area contributed by atoms with Gasteiger partial charge in [-0.3, -0.25) is 4.79 Å². The summed E-state index contributed by atoms with van der Waals surface area (Å²) in [5, 5.41) is 2.91. The van der Waals surface area contributed by atoms with Crippen molar-refractivity contribution in [3.8, 4) is 11.5 Å². The smallest absolute Gasteiger partial charge is 0.251 e. The van der Waals surface area contributed by atoms with E-state index < -0.39 is 0 Å². The molecule has 3 rings (SSSR count). The van der Waals surface area contributed by atoms with E-state index in [2.05, 4.69) is 10.2 Å². The van der Waals surface area contributed by atoms with E-state index in [4.69, 9.17) is 14.2 Å². The molecule has 0 spiro atoms. The number of carbonyl (C=O) groups is 1. The first-order chi connectivity index (χ1) is 13.6. The van der Waals surface area contributed by atoms with Crippen molar-refractivity contribution >= 4 is 5.91 Å². The summed E-state index contributed by atoms with van der Waals surface area (Å²) in [5.74, 6) is 1.17. The maximum absolute atomic E-state index is 12.4. The number of likely N-dealkylation sites (tertiary alicyclic amines) is 1. The Hall–Kier alpha value is -1.79. The molecular weight excluding hydrogens is 356 g/mol. The van der Waals surface area contributed by atoms with Gasteiger partial charge in [-0.05, 0) is 50.8 Å². The van der Waals surface area contributed by atoms with E-state index in [0.29, 0.717) is 23.7 Å². The van der Waals surface area contributed by atoms with Crippen LogP contribution in [0.25, 0.3) is 0 Å². The third kappa shape index (κ3) is 5.39. The fourth-order valence-corrected chi connectivity index (χ4v) is 4.31. The number of hydrogen-bond donors (Lipinski definition) is 1. The summed E-state index contributed by atoms with van der Waals surface area (Å²) in [4.78, 5) is 15.0. The van der Waals surface area contributed by atoms with Crippen molar-refractivity contribution in [2.24, 2.45) is 0 Å². The summed E-state index contributed by atoms with van der Waals surface area (Å²) in [6.07, 6.45) is 7.74. The number of nitrogens with one attached hydrogen (secondary N) is 1. The molecule has 1 atom stereocenters. The molecule has 1 heterocycles. The summed E-state index contributed by atoms with van der Waals surface area (Å²) in [7, 11) is 3.23. The molecule has 0 radical (unpaired) electrons. The SMILES string of the molecule is COC[C@H](C)NC(=O)c1ccc(OC2CCN(C3CCCC3)CC2)c(OC)c1. The molecule has 1 aromatic rings. The van der Waals surface area contributed by atoms with Gasteiger partial charge in [-0.1, -0.05) is 12.8 Å². The molecule has 0 aromatic heterocycles. The summed E-state index contributed by atoms with van der Waals surface area (Å²) in [6.45, 7) is 4.60. The van der Waals surface area contributed by atoms with Crippen LogP contribution in [0.2, 0.25) is 0 Å². The highest BCUT2D eigenvalue weighted by Gasteiger charge is 2.28. The highest BCUT2D eigenvalue weighted by molar-refractivity contribution is 5.95. The highest BCUT2D eigenvalue weighted by Crippen LogP contribution is 2.32. The quantitative estimate of drug-likeness (QED) is 0.738. The number of piperidine rings is 1. The number of amides is 1. The molecule has 28 heavy (non-hydrogen) atoms. The second-order valence-corrected chi connectivity index (χ2v) is 7.99. The molecule has 1 aliphatic heterocycles. The molecular formula is C22H34N2O4. The zero-order valence-corrected chi connectivity index (χ0v) is 17.4. The number of hydrogen-bond acceptors (Lipinski definition) is 5. The molecule has 156 valence electrons. The summed E-state index contributed by atoms with van der Waals surface area (Å²) >= 11 is 0. The Morgan fingerprint density at radius 1 is 1.14 bits per heavy atom. The molecule has 1 aliphatic carbocycles. The highest BCUT2D eigenvalue weighted by atomic mass is 16.5. The molecule has 1 amide bonds. The van der Waals surface area contributed by atoms with Crippen LogP contribution >= 0.6 is 0 Å². The molecule has 1 saturated carbocycles. The molecule has 6 heteroatoms. The van der Waals surface area contributed by atoms with Crippen molar-refractivity contribution in [3.05, 3.63) is 23.8 Å². The van der Waals surface area contributed by atoms with Crippen LogP contribution in [-0.2, 0) is 4.74 Å². The first-order valence-electron chi connectivity index (χ1n) is 10.5. The second-order valence-electron chi connectivity index (χ2n) is 7.99. The average molecular weight is 391 g/mol. The number of carbonyl (C=O) groups excluding carboxylic acids is 1. The lowest BCUT2D eigenvalue weighted by atomic mass is 10.0. The Morgan fingerprint density at radius 3 is 2.50 bits per heavy atom. The van der Waals surface area contributed by atoms with Crippen LogP contribution in [0.4, 0.5) is 0 Å². The molecule has 2 aliphatic rings. The lowest BCUT2D eigenvalue weighted by Gasteiger charge is -2.36. The van der Waals surface area contributed by atoms with Crippen LogP contribution in [0.3, 0.4) is 0 Å². The lowest BCUT2D eigenvalue weighted by Crippen LogP contribution is -2.43. The van der Waals surface area contributed by atoms with E-state index in [1.54, 1.807) is 26.4 Å². The predicted octanol–water partition coefficient (Wildman–Crippen LogP) is 3.25. The minimum absolute atomic E-state index is 0.0514. The van der Waals surface area contributed by atoms with Crippen LogP contribution in [-0.4, -0.2) is 62.9 Å². The van der Waals surface area contributed by atoms with Crippen LogP contribution in [0.15, 0.2) is 18.2 Å². The lowest BCUT2D eigenvalue weighted by molar-refractivity contribution is 0.0750. The van der Waals surface area contributed by atoms with Gasteiger partial charge in [0.2, 0.25) is 0 Å². The normalized spacial score (nSPS) is 20.1. The topological polar surface area (TPSA) is 60.0 Å². The molecule has 0 bridgehead atoms. The van der Waals surface area contributed by atoms with Crippen LogP contribution in [0.1, 0.15) is 55.8 Å². The van der Waals surface area contributed by atoms with Crippen LogP contribution in [0, 0.1) is 0 Å². The number of methoxy groups -OCH3 is 2. The monoisotopic (exact) mass is 390 g/mol. The first-order valence-corrected chi connectivity index (χ1v) is 10.5. The predicted molar refractivity (Wildman–Crippen MR) is 109 cm³/mol. The van der Waals surface area contributed by atoms with E-state index in [1.807, 2.05) is 13.0 Å². The standard InChI is InChI=1S/C22H34N2O4/c1-16(15-26-2)23-22(25)17-8-9-20(21(14-17)27-3)28-19-10-12-24(13-11-19)18-6-4-5-7-18/h8-9,14,16,18-19H,4-7,10-13,15H2,1-3H3,(H,23,25)/t16-/m0/s1. The molecule has 1 aromatic carbocycles. The maximum atomic E-state index is 12.4. The van der Waals surface area contributed by atoms with E-state index in [1.165, 1.54) is 25.7 Å². The van der Waals surface area contributed by atoms with Crippen molar-refractivity contribution in [2.75, 3.05) is 33.9 Å². The molecule has 0 unspecified atom stereocenters. The van der Waals surface area contributed by atoms with Gasteiger partial charge >= 0.3 is 0 Å². The zero-order valence-electron chi connectivity index (χ0n) is 17.4. The van der Waals surface area contributed by atoms with E-state index in [0.717, 1.165) is 32.0 Å². The minimum atomic E-state index is -0.140. The largest absolute Gasteiger partial charge is 0.493 e. The van der Waals surface area contributed by atoms with Crippen LogP contribution < -0.4 is 14.8 Å². The fraction of sp³-hybridized carbons (Fsp3) is 0.682. The van der Waals surface area contributed by atoms with Gasteiger partial charge in [0.1, 0.15) is 6.10 Å². The molecule has 6 nitrogen and oxygen atoms in total. The Labute approximate surface area is 168 Å². The van der Waals surface area contributed by atoms with Crippen molar-refractivity contribution in [2.45, 2.75) is 63.6 Å². The van der Waals surface area contributed by atoms with Gasteiger partial charge in [-0.25, -0.2) is 0 Å². The van der Waals surface area contributed by atoms with Gasteiger partial charge in [0.15, 0.2) is 11.5 Å². The number of rotatable bonds is 8. The number of benzene rings is 1. The van der Waals surface area contributed by atoms with Crippen molar-refractivity contribution in [1.82, 2.24) is 10.2 Å². The van der Waals surface area contributed by atoms with Gasteiger partial charge in [-0.2, -0.15) is 0 Å². The summed E-state index contributed by atoms with van der Waals surface area (Å²) < 4.78 is 16.8. The molecule has 1 N–H and O–H groups in total. The van der Waals surface area contributed by atoms with Crippen molar-refractivity contribution in [1.29, 1.82) is 0 Å². The Morgan fingerprint density at radius 2 is 1.86 bits per heavy atom. The Balaban J connectivity index is 1.56. The van der Waals surface area contributed by atoms with Gasteiger partial charge in [0, 0.05) is 37.8 Å². The van der Waals surface area contributed by atoms with Gasteiger partial charge in [0.25, 0.3) is 5.91 Å². The van der Waals surface area contributed by atoms with E-state index >= 15 is 0 Å². The van der Waals surface area contributed by atoms with Crippen molar-refractivity contribution in [3.63, 3.8) is 0 Å². The fourth-order valence-electron chi connectivity index (χ4n) is 4.31. The Kier molecular flexibility index (Phi) is 7.57. The average Bonchev–Trinajstić information content (AvgIpc) is 3.23. The summed E-state index contributed by atoms with van der Waals surface area (Å²) in [5.41, 5.74) is 0.559. The number of nitrogens with zero attached hydrogens (tertiary/aromatic N) is 1. The first kappa shape index (κ1) is 20.9. The minimum Gasteiger partial charge on any atom is -0.493 e. The maximum Gasteiger partial charge on any atom is 0.251 e. The summed E-state index contributed by atoms with van der Waals surface area (Å²) in [6, 6.07) is 6.12. The second kappa shape index (κ2) is 10.1. The molecule has 2 fully saturated rings.